The van der Waals surface area contributed by atoms with Crippen LogP contribution in [0, 0.1) is 5.92 Å². The first-order valence-corrected chi connectivity index (χ1v) is 7.73. The topological polar surface area (TPSA) is 66.6 Å². The Bertz CT molecular complexity index is 864. The number of aromatic nitrogens is 2. The number of benzene rings is 1. The second-order valence-corrected chi connectivity index (χ2v) is 5.89. The molecule has 23 heavy (non-hydrogen) atoms. The van der Waals surface area contributed by atoms with Crippen LogP contribution in [0.3, 0.4) is 0 Å². The van der Waals surface area contributed by atoms with Crippen LogP contribution in [0.25, 0.3) is 16.9 Å². The Kier molecular flexibility index (Phi) is 3.35. The molecule has 1 aliphatic rings. The average Bonchev–Trinajstić information content (AvgIpc) is 3.34. The molecule has 1 fully saturated rings. The summed E-state index contributed by atoms with van der Waals surface area (Å²) in [5.41, 5.74) is 4.18. The fraction of sp³-hybridized carbons (Fsp3) is 0.222. The average molecular weight is 307 g/mol. The van der Waals surface area contributed by atoms with E-state index in [1.165, 1.54) is 0 Å². The zero-order valence-corrected chi connectivity index (χ0v) is 12.6. The first-order chi connectivity index (χ1) is 11.2. The predicted molar refractivity (Wildman–Crippen MR) is 87.9 cm³/mol. The molecule has 5 heteroatoms. The number of pyridine rings is 1. The van der Waals surface area contributed by atoms with Gasteiger partial charge in [-0.05, 0) is 31.0 Å². The number of nitrogens with one attached hydrogen (secondary N) is 1. The molecule has 0 spiro atoms. The maximum Gasteiger partial charge on any atom is 0.227 e. The number of hydrogen-bond donors (Lipinski definition) is 2. The van der Waals surface area contributed by atoms with Crippen molar-refractivity contribution in [3.8, 4) is 11.3 Å². The lowest BCUT2D eigenvalue weighted by molar-refractivity contribution is -0.117. The number of carbonyl (C=O) groups excluding carboxylic acids is 1. The van der Waals surface area contributed by atoms with Crippen LogP contribution in [-0.4, -0.2) is 20.4 Å². The normalized spacial score (nSPS) is 14.1. The highest BCUT2D eigenvalue weighted by Gasteiger charge is 2.29. The van der Waals surface area contributed by atoms with E-state index in [2.05, 4.69) is 10.3 Å². The van der Waals surface area contributed by atoms with Crippen molar-refractivity contribution in [1.82, 2.24) is 9.38 Å². The number of nitrogens with zero attached hydrogens (tertiary/aromatic N) is 2. The summed E-state index contributed by atoms with van der Waals surface area (Å²) in [6, 6.07) is 11.4. The molecule has 1 saturated carbocycles. The van der Waals surface area contributed by atoms with Crippen molar-refractivity contribution in [3.63, 3.8) is 0 Å². The van der Waals surface area contributed by atoms with E-state index in [0.29, 0.717) is 0 Å². The number of fused-ring (bicyclic) bond motifs is 1. The Balaban J connectivity index is 1.61. The maximum atomic E-state index is 11.8. The third-order valence-corrected chi connectivity index (χ3v) is 4.13. The van der Waals surface area contributed by atoms with E-state index < -0.39 is 0 Å². The lowest BCUT2D eigenvalue weighted by Crippen LogP contribution is -2.12. The highest BCUT2D eigenvalue weighted by molar-refractivity contribution is 5.94. The molecule has 0 saturated heterocycles. The van der Waals surface area contributed by atoms with Crippen molar-refractivity contribution in [1.29, 1.82) is 0 Å². The zero-order valence-electron chi connectivity index (χ0n) is 12.6. The van der Waals surface area contributed by atoms with Gasteiger partial charge in [0.25, 0.3) is 0 Å². The van der Waals surface area contributed by atoms with Crippen molar-refractivity contribution in [2.24, 2.45) is 5.92 Å². The van der Waals surface area contributed by atoms with Gasteiger partial charge in [0.1, 0.15) is 5.65 Å². The summed E-state index contributed by atoms with van der Waals surface area (Å²) < 4.78 is 1.91. The van der Waals surface area contributed by atoms with Gasteiger partial charge in [-0.1, -0.05) is 18.2 Å². The van der Waals surface area contributed by atoms with Crippen LogP contribution in [0.5, 0.6) is 0 Å². The number of rotatable bonds is 4. The molecule has 116 valence electrons. The molecule has 5 nitrogen and oxygen atoms in total. The summed E-state index contributed by atoms with van der Waals surface area (Å²) in [6.45, 7) is -0.0348. The third-order valence-electron chi connectivity index (χ3n) is 4.13. The largest absolute Gasteiger partial charge is 0.392 e. The standard InChI is InChI=1S/C18H17N3O2/c22-11-14-2-1-9-21-10-16(20-17(14)21)12-5-7-15(8-6-12)19-18(23)13-3-4-13/h1-2,5-10,13,22H,3-4,11H2,(H,19,23). The Labute approximate surface area is 133 Å². The summed E-state index contributed by atoms with van der Waals surface area (Å²) in [6.07, 6.45) is 5.85. The van der Waals surface area contributed by atoms with Crippen LogP contribution in [-0.2, 0) is 11.4 Å². The maximum absolute atomic E-state index is 11.8. The van der Waals surface area contributed by atoms with Gasteiger partial charge in [0.05, 0.1) is 12.3 Å². The SMILES string of the molecule is O=C(Nc1ccc(-c2cn3cccc(CO)c3n2)cc1)C1CC1. The highest BCUT2D eigenvalue weighted by atomic mass is 16.3. The van der Waals surface area contributed by atoms with E-state index in [0.717, 1.165) is 41.0 Å². The van der Waals surface area contributed by atoms with Crippen LogP contribution in [0.2, 0.25) is 0 Å². The number of aliphatic hydroxyl groups excluding tert-OH is 1. The van der Waals surface area contributed by atoms with Gasteiger partial charge in [-0.25, -0.2) is 4.98 Å². The predicted octanol–water partition coefficient (Wildman–Crippen LogP) is 2.84. The van der Waals surface area contributed by atoms with Gasteiger partial charge in [0.15, 0.2) is 0 Å². The van der Waals surface area contributed by atoms with E-state index in [1.807, 2.05) is 53.2 Å². The van der Waals surface area contributed by atoms with E-state index in [-0.39, 0.29) is 18.4 Å². The van der Waals surface area contributed by atoms with Crippen molar-refractivity contribution < 1.29 is 9.90 Å². The Morgan fingerprint density at radius 1 is 1.26 bits per heavy atom. The molecule has 0 aliphatic heterocycles. The minimum atomic E-state index is -0.0348. The molecule has 1 aromatic carbocycles. The lowest BCUT2D eigenvalue weighted by Gasteiger charge is -2.04. The monoisotopic (exact) mass is 307 g/mol. The third kappa shape index (κ3) is 2.71. The molecule has 1 amide bonds. The summed E-state index contributed by atoms with van der Waals surface area (Å²) >= 11 is 0. The van der Waals surface area contributed by atoms with Crippen LogP contribution < -0.4 is 5.32 Å². The zero-order chi connectivity index (χ0) is 15.8. The molecule has 2 N–H and O–H groups in total. The number of amides is 1. The minimum absolute atomic E-state index is 0.0348. The van der Waals surface area contributed by atoms with Gasteiger partial charge in [-0.15, -0.1) is 0 Å². The molecule has 0 bridgehead atoms. The van der Waals surface area contributed by atoms with Gasteiger partial charge in [-0.3, -0.25) is 4.79 Å². The van der Waals surface area contributed by atoms with Gasteiger partial charge < -0.3 is 14.8 Å². The molecule has 2 heterocycles. The van der Waals surface area contributed by atoms with E-state index in [9.17, 15) is 9.90 Å². The Hall–Kier alpha value is -2.66. The van der Waals surface area contributed by atoms with Crippen molar-refractivity contribution in [2.75, 3.05) is 5.32 Å². The molecular formula is C18H17N3O2. The van der Waals surface area contributed by atoms with E-state index in [1.54, 1.807) is 0 Å². The molecule has 4 rings (SSSR count). The van der Waals surface area contributed by atoms with Crippen molar-refractivity contribution in [3.05, 3.63) is 54.4 Å². The van der Waals surface area contributed by atoms with Crippen LogP contribution in [0.1, 0.15) is 18.4 Å². The molecule has 3 aromatic rings. The van der Waals surface area contributed by atoms with Gasteiger partial charge in [0.2, 0.25) is 5.91 Å². The van der Waals surface area contributed by atoms with Gasteiger partial charge >= 0.3 is 0 Å². The van der Waals surface area contributed by atoms with E-state index >= 15 is 0 Å². The summed E-state index contributed by atoms with van der Waals surface area (Å²) in [7, 11) is 0. The Morgan fingerprint density at radius 2 is 2.04 bits per heavy atom. The Morgan fingerprint density at radius 3 is 2.74 bits per heavy atom. The fourth-order valence-corrected chi connectivity index (χ4v) is 2.65. The molecular weight excluding hydrogens is 290 g/mol. The van der Waals surface area contributed by atoms with Gasteiger partial charge in [-0.2, -0.15) is 0 Å². The minimum Gasteiger partial charge on any atom is -0.392 e. The van der Waals surface area contributed by atoms with Crippen LogP contribution in [0.4, 0.5) is 5.69 Å². The highest BCUT2D eigenvalue weighted by Crippen LogP contribution is 2.30. The van der Waals surface area contributed by atoms with Crippen molar-refractivity contribution >= 4 is 17.2 Å². The number of hydrogen-bond acceptors (Lipinski definition) is 3. The van der Waals surface area contributed by atoms with Crippen LogP contribution in [0.15, 0.2) is 48.8 Å². The molecule has 0 unspecified atom stereocenters. The lowest BCUT2D eigenvalue weighted by atomic mass is 10.1. The van der Waals surface area contributed by atoms with Crippen molar-refractivity contribution in [2.45, 2.75) is 19.4 Å². The number of anilines is 1. The molecule has 2 aromatic heterocycles. The number of imidazole rings is 1. The number of carbonyl (C=O) groups is 1. The summed E-state index contributed by atoms with van der Waals surface area (Å²) in [4.78, 5) is 16.4. The van der Waals surface area contributed by atoms with Gasteiger partial charge in [0, 0.05) is 35.1 Å². The summed E-state index contributed by atoms with van der Waals surface area (Å²) in [5.74, 6) is 0.308. The quantitative estimate of drug-likeness (QED) is 0.779. The second kappa shape index (κ2) is 5.52. The summed E-state index contributed by atoms with van der Waals surface area (Å²) in [5, 5.41) is 12.3. The fourth-order valence-electron chi connectivity index (χ4n) is 2.65. The smallest absolute Gasteiger partial charge is 0.227 e. The first-order valence-electron chi connectivity index (χ1n) is 7.73. The number of aliphatic hydroxyl groups is 1. The first kappa shape index (κ1) is 14.0. The van der Waals surface area contributed by atoms with Crippen LogP contribution >= 0.6 is 0 Å². The second-order valence-electron chi connectivity index (χ2n) is 5.89. The molecule has 1 aliphatic carbocycles. The molecule has 0 radical (unpaired) electrons. The molecule has 0 atom stereocenters. The van der Waals surface area contributed by atoms with E-state index in [4.69, 9.17) is 0 Å².